The summed E-state index contributed by atoms with van der Waals surface area (Å²) >= 11 is 0. The standard InChI is InChI=1S/C6H15O4P.ClH/c1-3-5-6(4-2)10-11(7,8)9;/h6H,3-5H2,1-2H3,(H2,7,8,9);1H. The highest BCUT2D eigenvalue weighted by Crippen LogP contribution is 2.39. The molecule has 12 heavy (non-hydrogen) atoms. The Kier molecular flexibility index (Phi) is 8.53. The van der Waals surface area contributed by atoms with Gasteiger partial charge in [-0.3, -0.25) is 4.52 Å². The summed E-state index contributed by atoms with van der Waals surface area (Å²) in [6, 6.07) is 0. The minimum absolute atomic E-state index is 0. The molecule has 1 unspecified atom stereocenters. The lowest BCUT2D eigenvalue weighted by Gasteiger charge is -2.14. The third-order valence-corrected chi connectivity index (χ3v) is 1.93. The molecule has 0 bridgehead atoms. The molecule has 0 fully saturated rings. The molecule has 0 spiro atoms. The van der Waals surface area contributed by atoms with Crippen LogP contribution in [0.5, 0.6) is 0 Å². The zero-order valence-corrected chi connectivity index (χ0v) is 8.98. The van der Waals surface area contributed by atoms with Crippen molar-refractivity contribution in [3.05, 3.63) is 0 Å². The second-order valence-electron chi connectivity index (χ2n) is 2.41. The highest BCUT2D eigenvalue weighted by Gasteiger charge is 2.19. The zero-order valence-electron chi connectivity index (χ0n) is 7.27. The number of hydrogen-bond acceptors (Lipinski definition) is 2. The van der Waals surface area contributed by atoms with Crippen LogP contribution in [0, 0.1) is 0 Å². The molecule has 4 nitrogen and oxygen atoms in total. The average Bonchev–Trinajstić information content (AvgIpc) is 1.84. The molecular weight excluding hydrogens is 202 g/mol. The minimum Gasteiger partial charge on any atom is -0.303 e. The second-order valence-corrected chi connectivity index (χ2v) is 3.61. The van der Waals surface area contributed by atoms with Gasteiger partial charge in [0.25, 0.3) is 0 Å². The van der Waals surface area contributed by atoms with E-state index in [0.717, 1.165) is 6.42 Å². The van der Waals surface area contributed by atoms with E-state index in [1.807, 2.05) is 13.8 Å². The summed E-state index contributed by atoms with van der Waals surface area (Å²) in [6.45, 7) is 3.79. The van der Waals surface area contributed by atoms with Gasteiger partial charge < -0.3 is 9.79 Å². The Morgan fingerprint density at radius 1 is 1.42 bits per heavy atom. The lowest BCUT2D eigenvalue weighted by Crippen LogP contribution is -2.09. The smallest absolute Gasteiger partial charge is 0.303 e. The number of phosphoric acid groups is 1. The van der Waals surface area contributed by atoms with E-state index in [1.54, 1.807) is 0 Å². The van der Waals surface area contributed by atoms with Gasteiger partial charge in [-0.15, -0.1) is 12.4 Å². The summed E-state index contributed by atoms with van der Waals surface area (Å²) in [7, 11) is -4.27. The SMILES string of the molecule is CCCC(CC)OP(=O)(O)O.Cl. The van der Waals surface area contributed by atoms with Gasteiger partial charge in [0.2, 0.25) is 0 Å². The number of rotatable bonds is 5. The van der Waals surface area contributed by atoms with Crippen molar-refractivity contribution in [2.24, 2.45) is 0 Å². The maximum Gasteiger partial charge on any atom is 0.469 e. The van der Waals surface area contributed by atoms with Gasteiger partial charge >= 0.3 is 7.82 Å². The first-order valence-electron chi connectivity index (χ1n) is 3.73. The van der Waals surface area contributed by atoms with Crippen molar-refractivity contribution in [3.63, 3.8) is 0 Å². The lowest BCUT2D eigenvalue weighted by atomic mass is 10.2. The van der Waals surface area contributed by atoms with Crippen molar-refractivity contribution in [1.82, 2.24) is 0 Å². The molecule has 0 saturated heterocycles. The van der Waals surface area contributed by atoms with E-state index in [1.165, 1.54) is 0 Å². The molecule has 2 N–H and O–H groups in total. The molecule has 0 aromatic rings. The third kappa shape index (κ3) is 8.50. The predicted octanol–water partition coefficient (Wildman–Crippen LogP) is 2.10. The van der Waals surface area contributed by atoms with Crippen LogP contribution in [0.1, 0.15) is 33.1 Å². The van der Waals surface area contributed by atoms with Crippen LogP contribution in [0.25, 0.3) is 0 Å². The van der Waals surface area contributed by atoms with E-state index < -0.39 is 7.82 Å². The third-order valence-electron chi connectivity index (χ3n) is 1.35. The van der Waals surface area contributed by atoms with Crippen molar-refractivity contribution < 1.29 is 18.9 Å². The van der Waals surface area contributed by atoms with Crippen LogP contribution < -0.4 is 0 Å². The van der Waals surface area contributed by atoms with Crippen LogP contribution in [0.3, 0.4) is 0 Å². The normalized spacial score (nSPS) is 13.7. The van der Waals surface area contributed by atoms with Crippen molar-refractivity contribution in [3.8, 4) is 0 Å². The van der Waals surface area contributed by atoms with Gasteiger partial charge in [0.1, 0.15) is 0 Å². The molecule has 0 heterocycles. The van der Waals surface area contributed by atoms with E-state index in [2.05, 4.69) is 4.52 Å². The second kappa shape index (κ2) is 6.87. The van der Waals surface area contributed by atoms with E-state index in [-0.39, 0.29) is 18.5 Å². The Hall–Kier alpha value is 0.400. The highest BCUT2D eigenvalue weighted by atomic mass is 35.5. The van der Waals surface area contributed by atoms with Gasteiger partial charge in [0.15, 0.2) is 0 Å². The first-order chi connectivity index (χ1) is 4.99. The van der Waals surface area contributed by atoms with E-state index in [4.69, 9.17) is 9.79 Å². The van der Waals surface area contributed by atoms with Crippen LogP contribution in [0.4, 0.5) is 0 Å². The summed E-state index contributed by atoms with van der Waals surface area (Å²) in [6.07, 6.45) is 1.90. The van der Waals surface area contributed by atoms with Gasteiger partial charge in [-0.1, -0.05) is 20.3 Å². The van der Waals surface area contributed by atoms with E-state index >= 15 is 0 Å². The van der Waals surface area contributed by atoms with Gasteiger partial charge in [-0.25, -0.2) is 4.57 Å². The van der Waals surface area contributed by atoms with Crippen molar-refractivity contribution in [2.75, 3.05) is 0 Å². The van der Waals surface area contributed by atoms with Gasteiger partial charge in [0, 0.05) is 0 Å². The molecule has 1 atom stereocenters. The quantitative estimate of drug-likeness (QED) is 0.694. The van der Waals surface area contributed by atoms with Gasteiger partial charge in [-0.2, -0.15) is 0 Å². The Labute approximate surface area is 79.0 Å². The summed E-state index contributed by atoms with van der Waals surface area (Å²) in [5, 5.41) is 0. The van der Waals surface area contributed by atoms with Crippen LogP contribution in [-0.2, 0) is 9.09 Å². The number of phosphoric ester groups is 1. The highest BCUT2D eigenvalue weighted by molar-refractivity contribution is 7.46. The van der Waals surface area contributed by atoms with Gasteiger partial charge in [-0.05, 0) is 12.8 Å². The molecule has 0 radical (unpaired) electrons. The molecule has 0 aliphatic rings. The maximum atomic E-state index is 10.3. The monoisotopic (exact) mass is 218 g/mol. The van der Waals surface area contributed by atoms with Crippen LogP contribution >= 0.6 is 20.2 Å². The van der Waals surface area contributed by atoms with Crippen LogP contribution in [-0.4, -0.2) is 15.9 Å². The first kappa shape index (κ1) is 14.9. The Morgan fingerprint density at radius 3 is 2.17 bits per heavy atom. The summed E-state index contributed by atoms with van der Waals surface area (Å²) in [5.41, 5.74) is 0. The fourth-order valence-electron chi connectivity index (χ4n) is 0.848. The number of hydrogen-bond donors (Lipinski definition) is 2. The van der Waals surface area contributed by atoms with Gasteiger partial charge in [0.05, 0.1) is 6.10 Å². The molecule has 0 aliphatic carbocycles. The zero-order chi connectivity index (χ0) is 8.91. The molecule has 0 aliphatic heterocycles. The molecule has 0 aromatic carbocycles. The van der Waals surface area contributed by atoms with Crippen LogP contribution in [0.2, 0.25) is 0 Å². The summed E-state index contributed by atoms with van der Waals surface area (Å²) in [4.78, 5) is 16.9. The first-order valence-corrected chi connectivity index (χ1v) is 5.26. The largest absolute Gasteiger partial charge is 0.469 e. The molecular formula is C6H16ClO4P. The van der Waals surface area contributed by atoms with Crippen LogP contribution in [0.15, 0.2) is 0 Å². The lowest BCUT2D eigenvalue weighted by molar-refractivity contribution is 0.123. The molecule has 0 saturated carbocycles. The molecule has 6 heteroatoms. The maximum absolute atomic E-state index is 10.3. The van der Waals surface area contributed by atoms with Crippen molar-refractivity contribution >= 4 is 20.2 Å². The van der Waals surface area contributed by atoms with Crippen molar-refractivity contribution in [2.45, 2.75) is 39.2 Å². The summed E-state index contributed by atoms with van der Waals surface area (Å²) in [5.74, 6) is 0. The Balaban J connectivity index is 0. The summed E-state index contributed by atoms with van der Waals surface area (Å²) < 4.78 is 14.8. The topological polar surface area (TPSA) is 66.8 Å². The molecule has 76 valence electrons. The minimum atomic E-state index is -4.27. The fraction of sp³-hybridized carbons (Fsp3) is 1.00. The van der Waals surface area contributed by atoms with E-state index in [0.29, 0.717) is 12.8 Å². The Bertz CT molecular complexity index is 146. The molecule has 0 aromatic heterocycles. The van der Waals surface area contributed by atoms with Crippen molar-refractivity contribution in [1.29, 1.82) is 0 Å². The Morgan fingerprint density at radius 2 is 1.92 bits per heavy atom. The fourth-order valence-corrected chi connectivity index (χ4v) is 1.49. The van der Waals surface area contributed by atoms with E-state index in [9.17, 15) is 4.57 Å². The average molecular weight is 219 g/mol. The number of halogens is 1. The predicted molar refractivity (Wildman–Crippen MR) is 49.4 cm³/mol. The molecule has 0 rings (SSSR count). The molecule has 0 amide bonds.